The molecule has 0 saturated heterocycles. The summed E-state index contributed by atoms with van der Waals surface area (Å²) in [6.45, 7) is 19.0. The van der Waals surface area contributed by atoms with Crippen LogP contribution in [0.1, 0.15) is 120 Å². The van der Waals surface area contributed by atoms with Crippen LogP contribution in [0, 0.1) is 56.7 Å². The molecule has 5 saturated carbocycles. The highest BCUT2D eigenvalue weighted by Crippen LogP contribution is 2.78. The summed E-state index contributed by atoms with van der Waals surface area (Å²) in [5.74, 6) is 2.58. The summed E-state index contributed by atoms with van der Waals surface area (Å²) in [4.78, 5) is 0. The quantitative estimate of drug-likeness (QED) is 0.423. The van der Waals surface area contributed by atoms with Gasteiger partial charge in [0, 0.05) is 6.61 Å². The van der Waals surface area contributed by atoms with Gasteiger partial charge in [0.25, 0.3) is 0 Å². The second-order valence-corrected chi connectivity index (χ2v) is 16.0. The zero-order valence-corrected chi connectivity index (χ0v) is 23.5. The minimum absolute atomic E-state index is 0.0185. The molecule has 5 aliphatic rings. The molecule has 5 aliphatic carbocycles. The maximum atomic E-state index is 11.4. The molecule has 5 fully saturated rings. The van der Waals surface area contributed by atoms with E-state index in [0.29, 0.717) is 36.2 Å². The van der Waals surface area contributed by atoms with Crippen LogP contribution in [-0.2, 0) is 0 Å². The molecule has 0 aromatic carbocycles. The van der Waals surface area contributed by atoms with Gasteiger partial charge in [-0.15, -0.1) is 0 Å². The van der Waals surface area contributed by atoms with Crippen molar-refractivity contribution in [3.05, 3.63) is 0 Å². The van der Waals surface area contributed by atoms with Gasteiger partial charge in [0.15, 0.2) is 0 Å². The molecule has 3 nitrogen and oxygen atoms in total. The predicted molar refractivity (Wildman–Crippen MR) is 138 cm³/mol. The summed E-state index contributed by atoms with van der Waals surface area (Å²) in [6.07, 6.45) is 11.5. The van der Waals surface area contributed by atoms with Crippen LogP contribution in [0.2, 0.25) is 0 Å². The fourth-order valence-electron chi connectivity index (χ4n) is 11.9. The first-order chi connectivity index (χ1) is 15.5. The van der Waals surface area contributed by atoms with Gasteiger partial charge in [-0.2, -0.15) is 0 Å². The van der Waals surface area contributed by atoms with E-state index < -0.39 is 11.2 Å². The van der Waals surface area contributed by atoms with Crippen molar-refractivity contribution in [2.75, 3.05) is 6.61 Å². The minimum atomic E-state index is -0.680. The van der Waals surface area contributed by atoms with Crippen LogP contribution in [0.15, 0.2) is 0 Å². The van der Waals surface area contributed by atoms with Crippen LogP contribution < -0.4 is 0 Å². The van der Waals surface area contributed by atoms with Crippen molar-refractivity contribution in [1.29, 1.82) is 0 Å². The van der Waals surface area contributed by atoms with Gasteiger partial charge in [-0.1, -0.05) is 34.6 Å². The van der Waals surface area contributed by atoms with Crippen molar-refractivity contribution in [2.45, 2.75) is 131 Å². The van der Waals surface area contributed by atoms with Gasteiger partial charge in [0.1, 0.15) is 0 Å². The van der Waals surface area contributed by atoms with Gasteiger partial charge < -0.3 is 15.3 Å². The van der Waals surface area contributed by atoms with E-state index in [0.717, 1.165) is 32.1 Å². The van der Waals surface area contributed by atoms with E-state index in [1.54, 1.807) is 0 Å². The Morgan fingerprint density at radius 1 is 0.735 bits per heavy atom. The Bertz CT molecular complexity index is 825. The fourth-order valence-corrected chi connectivity index (χ4v) is 11.9. The third kappa shape index (κ3) is 2.93. The lowest BCUT2D eigenvalue weighted by molar-refractivity contribution is -0.266. The van der Waals surface area contributed by atoms with Crippen molar-refractivity contribution < 1.29 is 15.3 Å². The third-order valence-corrected chi connectivity index (χ3v) is 14.5. The van der Waals surface area contributed by atoms with Crippen LogP contribution in [0.4, 0.5) is 0 Å². The number of fused-ring (bicyclic) bond motifs is 7. The van der Waals surface area contributed by atoms with Crippen LogP contribution in [0.25, 0.3) is 0 Å². The smallest absolute Gasteiger partial charge is 0.0673 e. The first-order valence-corrected chi connectivity index (χ1v) is 14.6. The molecule has 0 amide bonds. The number of hydrogen-bond donors (Lipinski definition) is 3. The van der Waals surface area contributed by atoms with E-state index in [2.05, 4.69) is 41.5 Å². The fraction of sp³-hybridized carbons (Fsp3) is 1.00. The summed E-state index contributed by atoms with van der Waals surface area (Å²) in [5.41, 5.74) is -0.481. The standard InChI is InChI=1S/C31H54O3/c1-25(2)22-12-13-29(7)23(27(22,5)15-17-30(25,8)34)10-9-21-24-20(26(3,4)33)11-14-31(24,19-32)18-16-28(21,29)6/h20-24,32-34H,9-19H2,1-8H3/t20-,21-,22+,23-,24-,27+,28-,29-,30+,31-/m1/s1. The van der Waals surface area contributed by atoms with Crippen molar-refractivity contribution in [3.63, 3.8) is 0 Å². The molecule has 5 rings (SSSR count). The molecule has 0 bridgehead atoms. The van der Waals surface area contributed by atoms with Gasteiger partial charge in [-0.25, -0.2) is 0 Å². The zero-order valence-electron chi connectivity index (χ0n) is 23.5. The Labute approximate surface area is 209 Å². The Balaban J connectivity index is 1.55. The minimum Gasteiger partial charge on any atom is -0.396 e. The molecule has 0 aliphatic heterocycles. The highest BCUT2D eigenvalue weighted by molar-refractivity contribution is 5.20. The van der Waals surface area contributed by atoms with Gasteiger partial charge >= 0.3 is 0 Å². The first-order valence-electron chi connectivity index (χ1n) is 14.6. The highest BCUT2D eigenvalue weighted by Gasteiger charge is 2.72. The van der Waals surface area contributed by atoms with Crippen molar-refractivity contribution in [3.8, 4) is 0 Å². The highest BCUT2D eigenvalue weighted by atomic mass is 16.3. The Hall–Kier alpha value is -0.120. The first kappa shape index (κ1) is 25.5. The Morgan fingerprint density at radius 3 is 2.03 bits per heavy atom. The van der Waals surface area contributed by atoms with Crippen molar-refractivity contribution in [1.82, 2.24) is 0 Å². The van der Waals surface area contributed by atoms with Crippen molar-refractivity contribution >= 4 is 0 Å². The monoisotopic (exact) mass is 474 g/mol. The van der Waals surface area contributed by atoms with Crippen LogP contribution >= 0.6 is 0 Å². The van der Waals surface area contributed by atoms with Crippen LogP contribution in [0.5, 0.6) is 0 Å². The molecular formula is C31H54O3. The number of hydrogen-bond acceptors (Lipinski definition) is 3. The average molecular weight is 475 g/mol. The summed E-state index contributed by atoms with van der Waals surface area (Å²) in [5, 5.41) is 33.3. The Kier molecular flexibility index (Phi) is 5.44. The average Bonchev–Trinajstić information content (AvgIpc) is 3.13. The van der Waals surface area contributed by atoms with E-state index in [4.69, 9.17) is 0 Å². The molecule has 0 spiro atoms. The van der Waals surface area contributed by atoms with E-state index in [9.17, 15) is 15.3 Å². The molecule has 0 heterocycles. The lowest BCUT2D eigenvalue weighted by Crippen LogP contribution is -2.68. The summed E-state index contributed by atoms with van der Waals surface area (Å²) < 4.78 is 0. The molecule has 0 aromatic heterocycles. The molecule has 10 atom stereocenters. The van der Waals surface area contributed by atoms with Gasteiger partial charge in [0.05, 0.1) is 11.2 Å². The normalized spacial score (nSPS) is 56.7. The molecule has 0 radical (unpaired) electrons. The molecule has 34 heavy (non-hydrogen) atoms. The van der Waals surface area contributed by atoms with E-state index in [1.165, 1.54) is 32.1 Å². The third-order valence-electron chi connectivity index (χ3n) is 14.5. The second kappa shape index (κ2) is 7.25. The molecule has 196 valence electrons. The van der Waals surface area contributed by atoms with E-state index in [-0.39, 0.29) is 27.1 Å². The van der Waals surface area contributed by atoms with Crippen LogP contribution in [-0.4, -0.2) is 33.1 Å². The van der Waals surface area contributed by atoms with Gasteiger partial charge in [-0.3, -0.25) is 0 Å². The largest absolute Gasteiger partial charge is 0.396 e. The molecule has 0 aromatic rings. The summed E-state index contributed by atoms with van der Waals surface area (Å²) in [7, 11) is 0. The van der Waals surface area contributed by atoms with Gasteiger partial charge in [-0.05, 0) is 142 Å². The number of aliphatic hydroxyl groups excluding tert-OH is 1. The molecule has 3 heteroatoms. The lowest BCUT2D eigenvalue weighted by Gasteiger charge is -2.73. The summed E-state index contributed by atoms with van der Waals surface area (Å²) >= 11 is 0. The summed E-state index contributed by atoms with van der Waals surface area (Å²) in [6, 6.07) is 0. The maximum absolute atomic E-state index is 11.4. The maximum Gasteiger partial charge on any atom is 0.0673 e. The Morgan fingerprint density at radius 2 is 1.41 bits per heavy atom. The van der Waals surface area contributed by atoms with Crippen molar-refractivity contribution in [2.24, 2.45) is 56.7 Å². The number of aliphatic hydroxyl groups is 3. The topological polar surface area (TPSA) is 60.7 Å². The second-order valence-electron chi connectivity index (χ2n) is 16.0. The molecular weight excluding hydrogens is 420 g/mol. The van der Waals surface area contributed by atoms with Gasteiger partial charge in [0.2, 0.25) is 0 Å². The van der Waals surface area contributed by atoms with E-state index in [1.807, 2.05) is 13.8 Å². The molecule has 3 N–H and O–H groups in total. The predicted octanol–water partition coefficient (Wildman–Crippen LogP) is 6.58. The molecule has 0 unspecified atom stereocenters. The number of rotatable bonds is 2. The lowest BCUT2D eigenvalue weighted by atomic mass is 9.31. The van der Waals surface area contributed by atoms with E-state index >= 15 is 0 Å². The van der Waals surface area contributed by atoms with Crippen LogP contribution in [0.3, 0.4) is 0 Å². The zero-order chi connectivity index (χ0) is 25.2. The SMILES string of the molecule is CC(C)(O)[C@@H]1CC[C@]2(CO)CC[C@]3(C)[C@H](CC[C@@H]4[C@@]5(C)CC[C@](C)(O)C(C)(C)[C@@H]5CC[C@]43C)[C@@H]12.